The van der Waals surface area contributed by atoms with Crippen LogP contribution in [0.25, 0.3) is 11.1 Å². The molecule has 138 valence electrons. The average Bonchev–Trinajstić information content (AvgIpc) is 3.23. The van der Waals surface area contributed by atoms with Crippen LogP contribution in [-0.4, -0.2) is 4.57 Å². The molecule has 3 aromatic carbocycles. The molecule has 0 fully saturated rings. The van der Waals surface area contributed by atoms with Crippen LogP contribution < -0.4 is 4.90 Å². The zero-order valence-electron chi connectivity index (χ0n) is 16.6. The number of fused-ring (bicyclic) bond motifs is 3. The number of aryl methyl sites for hydroxylation is 1. The quantitative estimate of drug-likeness (QED) is 0.388. The van der Waals surface area contributed by atoms with Crippen LogP contribution in [0.15, 0.2) is 91.1 Å². The van der Waals surface area contributed by atoms with Gasteiger partial charge in [0.05, 0.1) is 0 Å². The zero-order valence-corrected chi connectivity index (χ0v) is 16.6. The lowest BCUT2D eigenvalue weighted by Crippen LogP contribution is -2.17. The topological polar surface area (TPSA) is 8.17 Å². The molecule has 4 aromatic rings. The molecule has 0 spiro atoms. The summed E-state index contributed by atoms with van der Waals surface area (Å²) < 4.78 is 2.17. The van der Waals surface area contributed by atoms with Gasteiger partial charge in [0.1, 0.15) is 5.82 Å². The van der Waals surface area contributed by atoms with Gasteiger partial charge in [-0.25, -0.2) is 0 Å². The Kier molecular flexibility index (Phi) is 3.70. The molecule has 28 heavy (non-hydrogen) atoms. The second-order valence-electron chi connectivity index (χ2n) is 8.05. The second kappa shape index (κ2) is 6.13. The first-order chi connectivity index (χ1) is 13.6. The summed E-state index contributed by atoms with van der Waals surface area (Å²) in [4.78, 5) is 2.33. The highest BCUT2D eigenvalue weighted by atomic mass is 15.2. The zero-order chi connectivity index (χ0) is 19.3. The molecule has 0 N–H and O–H groups in total. The normalized spacial score (nSPS) is 13.8. The fraction of sp³-hybridized carbons (Fsp3) is 0.154. The lowest BCUT2D eigenvalue weighted by molar-refractivity contribution is 0.660. The van der Waals surface area contributed by atoms with Crippen LogP contribution in [0.1, 0.15) is 25.0 Å². The smallest absolute Gasteiger partial charge is 0.117 e. The molecule has 0 aliphatic heterocycles. The van der Waals surface area contributed by atoms with E-state index in [0.717, 1.165) is 11.5 Å². The van der Waals surface area contributed by atoms with E-state index >= 15 is 0 Å². The average molecular weight is 364 g/mol. The monoisotopic (exact) mass is 364 g/mol. The van der Waals surface area contributed by atoms with Gasteiger partial charge in [-0.2, -0.15) is 0 Å². The highest BCUT2D eigenvalue weighted by molar-refractivity contribution is 5.85. The van der Waals surface area contributed by atoms with Crippen LogP contribution in [0, 0.1) is 0 Å². The molecule has 2 nitrogen and oxygen atoms in total. The number of rotatable bonds is 3. The largest absolute Gasteiger partial charge is 0.337 e. The van der Waals surface area contributed by atoms with Crippen molar-refractivity contribution < 1.29 is 0 Å². The van der Waals surface area contributed by atoms with Crippen molar-refractivity contribution in [3.8, 4) is 11.1 Å². The van der Waals surface area contributed by atoms with Crippen LogP contribution in [0.4, 0.5) is 17.2 Å². The highest BCUT2D eigenvalue weighted by Crippen LogP contribution is 2.50. The molecule has 1 aliphatic rings. The molecule has 2 heteroatoms. The predicted molar refractivity (Wildman–Crippen MR) is 118 cm³/mol. The molecule has 0 unspecified atom stereocenters. The summed E-state index contributed by atoms with van der Waals surface area (Å²) in [7, 11) is 2.10. The first-order valence-corrected chi connectivity index (χ1v) is 9.78. The fourth-order valence-electron chi connectivity index (χ4n) is 4.51. The Hall–Kier alpha value is -3.26. The molecule has 5 rings (SSSR count). The van der Waals surface area contributed by atoms with E-state index in [-0.39, 0.29) is 5.41 Å². The first kappa shape index (κ1) is 16.9. The molecule has 0 amide bonds. The molecule has 1 heterocycles. The van der Waals surface area contributed by atoms with Crippen molar-refractivity contribution in [2.45, 2.75) is 19.3 Å². The third kappa shape index (κ3) is 2.41. The summed E-state index contributed by atoms with van der Waals surface area (Å²) in [6, 6.07) is 30.6. The van der Waals surface area contributed by atoms with Crippen molar-refractivity contribution in [1.29, 1.82) is 0 Å². The lowest BCUT2D eigenvalue weighted by atomic mass is 9.82. The van der Waals surface area contributed by atoms with Gasteiger partial charge in [-0.05, 0) is 58.7 Å². The summed E-state index contributed by atoms with van der Waals surface area (Å²) >= 11 is 0. The summed E-state index contributed by atoms with van der Waals surface area (Å²) in [5.41, 5.74) is 7.86. The third-order valence-corrected chi connectivity index (χ3v) is 5.99. The van der Waals surface area contributed by atoms with E-state index in [9.17, 15) is 0 Å². The maximum Gasteiger partial charge on any atom is 0.117 e. The van der Waals surface area contributed by atoms with Crippen molar-refractivity contribution in [3.05, 3.63) is 102 Å². The van der Waals surface area contributed by atoms with Gasteiger partial charge in [0, 0.05) is 30.0 Å². The Morgan fingerprint density at radius 2 is 1.39 bits per heavy atom. The van der Waals surface area contributed by atoms with Gasteiger partial charge >= 0.3 is 0 Å². The Morgan fingerprint density at radius 1 is 0.679 bits per heavy atom. The fourth-order valence-corrected chi connectivity index (χ4v) is 4.51. The molecule has 0 atom stereocenters. The van der Waals surface area contributed by atoms with Gasteiger partial charge in [-0.3, -0.25) is 4.90 Å². The molecular formula is C26H24N2. The lowest BCUT2D eigenvalue weighted by Gasteiger charge is -2.28. The number of hydrogen-bond acceptors (Lipinski definition) is 1. The number of aromatic nitrogens is 1. The standard InChI is InChI=1S/C26H24N2/c1-26(2)23-13-8-7-12-21(23)22-16-15-20(18-24(22)26)28(19-10-5-4-6-11-19)25-14-9-17-27(25)3/h4-18H,1-3H3. The van der Waals surface area contributed by atoms with Crippen molar-refractivity contribution in [3.63, 3.8) is 0 Å². The van der Waals surface area contributed by atoms with Gasteiger partial charge in [0.15, 0.2) is 0 Å². The van der Waals surface area contributed by atoms with Crippen molar-refractivity contribution in [2.24, 2.45) is 7.05 Å². The van der Waals surface area contributed by atoms with E-state index in [2.05, 4.69) is 121 Å². The van der Waals surface area contributed by atoms with Crippen molar-refractivity contribution in [1.82, 2.24) is 4.57 Å². The summed E-state index contributed by atoms with van der Waals surface area (Å²) in [5.74, 6) is 1.15. The Bertz CT molecular complexity index is 1150. The maximum absolute atomic E-state index is 2.37. The minimum Gasteiger partial charge on any atom is -0.337 e. The van der Waals surface area contributed by atoms with Gasteiger partial charge in [0.2, 0.25) is 0 Å². The third-order valence-electron chi connectivity index (χ3n) is 5.99. The molecular weight excluding hydrogens is 340 g/mol. The Balaban J connectivity index is 1.71. The number of nitrogens with zero attached hydrogens (tertiary/aromatic N) is 2. The van der Waals surface area contributed by atoms with Crippen LogP contribution in [0.3, 0.4) is 0 Å². The predicted octanol–water partition coefficient (Wildman–Crippen LogP) is 6.80. The first-order valence-electron chi connectivity index (χ1n) is 9.78. The minimum atomic E-state index is -0.00148. The molecule has 0 bridgehead atoms. The SMILES string of the molecule is Cn1cccc1N(c1ccccc1)c1ccc2c(c1)C(C)(C)c1ccccc1-2. The molecule has 0 radical (unpaired) electrons. The van der Waals surface area contributed by atoms with E-state index < -0.39 is 0 Å². The van der Waals surface area contributed by atoms with Crippen LogP contribution >= 0.6 is 0 Å². The Labute approximate surface area is 166 Å². The molecule has 0 saturated carbocycles. The van der Waals surface area contributed by atoms with Crippen LogP contribution in [0.5, 0.6) is 0 Å². The van der Waals surface area contributed by atoms with E-state index in [1.807, 2.05) is 0 Å². The van der Waals surface area contributed by atoms with E-state index in [1.165, 1.54) is 27.9 Å². The summed E-state index contributed by atoms with van der Waals surface area (Å²) in [5, 5.41) is 0. The van der Waals surface area contributed by atoms with Gasteiger partial charge in [-0.15, -0.1) is 0 Å². The van der Waals surface area contributed by atoms with Gasteiger partial charge in [-0.1, -0.05) is 62.4 Å². The molecule has 1 aliphatic carbocycles. The number of benzene rings is 3. The van der Waals surface area contributed by atoms with Crippen LogP contribution in [0.2, 0.25) is 0 Å². The number of hydrogen-bond donors (Lipinski definition) is 0. The molecule has 1 aromatic heterocycles. The molecule has 0 saturated heterocycles. The van der Waals surface area contributed by atoms with E-state index in [1.54, 1.807) is 0 Å². The summed E-state index contributed by atoms with van der Waals surface area (Å²) in [6.07, 6.45) is 2.10. The van der Waals surface area contributed by atoms with Gasteiger partial charge < -0.3 is 4.57 Å². The Morgan fingerprint density at radius 3 is 2.14 bits per heavy atom. The number of para-hydroxylation sites is 1. The van der Waals surface area contributed by atoms with Gasteiger partial charge in [0.25, 0.3) is 0 Å². The van der Waals surface area contributed by atoms with Crippen molar-refractivity contribution in [2.75, 3.05) is 4.90 Å². The second-order valence-corrected chi connectivity index (χ2v) is 8.05. The highest BCUT2D eigenvalue weighted by Gasteiger charge is 2.35. The van der Waals surface area contributed by atoms with E-state index in [0.29, 0.717) is 0 Å². The summed E-state index contributed by atoms with van der Waals surface area (Å²) in [6.45, 7) is 4.66. The van der Waals surface area contributed by atoms with Crippen molar-refractivity contribution >= 4 is 17.2 Å². The minimum absolute atomic E-state index is 0.00148. The van der Waals surface area contributed by atoms with E-state index in [4.69, 9.17) is 0 Å². The van der Waals surface area contributed by atoms with Crippen LogP contribution in [-0.2, 0) is 12.5 Å². The number of anilines is 3. The maximum atomic E-state index is 2.37.